The number of unbranched alkanes of at least 4 members (excludes halogenated alkanes) is 7. The van der Waals surface area contributed by atoms with Crippen molar-refractivity contribution in [3.63, 3.8) is 0 Å². The minimum Gasteiger partial charge on any atom is -0.390 e. The lowest BCUT2D eigenvalue weighted by atomic mass is 10.1. The standard InChI is InChI=1S/C25H36N2O/c1-2-3-4-5-6-7-8-13-18-26-19-21(28)20-27-24-16-11-9-14-22(24)23-15-10-12-17-25(23)27/h9-12,14-17,21,26,28H,2-8,13,18-20H2,1H3/t21-/m1/s1. The van der Waals surface area contributed by atoms with E-state index < -0.39 is 0 Å². The highest BCUT2D eigenvalue weighted by molar-refractivity contribution is 6.07. The van der Waals surface area contributed by atoms with Gasteiger partial charge in [-0.3, -0.25) is 0 Å². The topological polar surface area (TPSA) is 37.2 Å². The number of rotatable bonds is 13. The van der Waals surface area contributed by atoms with E-state index in [0.717, 1.165) is 6.54 Å². The van der Waals surface area contributed by atoms with Gasteiger partial charge < -0.3 is 15.0 Å². The fraction of sp³-hybridized carbons (Fsp3) is 0.520. The van der Waals surface area contributed by atoms with Crippen LogP contribution < -0.4 is 5.32 Å². The van der Waals surface area contributed by atoms with Crippen LogP contribution in [0.3, 0.4) is 0 Å². The molecule has 0 spiro atoms. The Kier molecular flexibility index (Phi) is 8.38. The summed E-state index contributed by atoms with van der Waals surface area (Å²) < 4.78 is 2.26. The van der Waals surface area contributed by atoms with Gasteiger partial charge in [-0.2, -0.15) is 0 Å². The fourth-order valence-corrected chi connectivity index (χ4v) is 4.13. The Balaban J connectivity index is 1.42. The Labute approximate surface area is 169 Å². The Morgan fingerprint density at radius 3 is 1.93 bits per heavy atom. The van der Waals surface area contributed by atoms with E-state index >= 15 is 0 Å². The number of para-hydroxylation sites is 2. The minimum atomic E-state index is -0.381. The zero-order valence-corrected chi connectivity index (χ0v) is 17.4. The van der Waals surface area contributed by atoms with Gasteiger partial charge in [0.05, 0.1) is 12.6 Å². The third kappa shape index (κ3) is 5.59. The van der Waals surface area contributed by atoms with Crippen molar-refractivity contribution in [2.24, 2.45) is 0 Å². The van der Waals surface area contributed by atoms with Gasteiger partial charge in [0, 0.05) is 28.4 Å². The second-order valence-electron chi connectivity index (χ2n) is 7.98. The molecule has 0 fully saturated rings. The Morgan fingerprint density at radius 1 is 0.786 bits per heavy atom. The number of aromatic nitrogens is 1. The second-order valence-corrected chi connectivity index (χ2v) is 7.98. The molecule has 0 saturated carbocycles. The van der Waals surface area contributed by atoms with Crippen molar-refractivity contribution in [1.29, 1.82) is 0 Å². The minimum absolute atomic E-state index is 0.381. The molecule has 2 N–H and O–H groups in total. The number of fused-ring (bicyclic) bond motifs is 3. The Hall–Kier alpha value is -1.84. The molecule has 3 nitrogen and oxygen atoms in total. The molecule has 152 valence electrons. The molecule has 0 amide bonds. The van der Waals surface area contributed by atoms with Gasteiger partial charge in [-0.1, -0.05) is 88.3 Å². The van der Waals surface area contributed by atoms with E-state index in [-0.39, 0.29) is 6.10 Å². The fourth-order valence-electron chi connectivity index (χ4n) is 4.13. The lowest BCUT2D eigenvalue weighted by Gasteiger charge is -2.15. The van der Waals surface area contributed by atoms with Crippen LogP contribution in [0, 0.1) is 0 Å². The molecular formula is C25H36N2O. The summed E-state index contributed by atoms with van der Waals surface area (Å²) in [7, 11) is 0. The van der Waals surface area contributed by atoms with Crippen molar-refractivity contribution in [2.75, 3.05) is 13.1 Å². The highest BCUT2D eigenvalue weighted by atomic mass is 16.3. The predicted octanol–water partition coefficient (Wildman–Crippen LogP) is 5.89. The Bertz CT molecular complexity index is 786. The molecule has 1 atom stereocenters. The summed E-state index contributed by atoms with van der Waals surface area (Å²) in [5, 5.41) is 16.5. The maximum absolute atomic E-state index is 10.6. The van der Waals surface area contributed by atoms with E-state index in [1.54, 1.807) is 0 Å². The first-order chi connectivity index (χ1) is 13.8. The highest BCUT2D eigenvalue weighted by Crippen LogP contribution is 2.28. The third-order valence-electron chi connectivity index (χ3n) is 5.66. The van der Waals surface area contributed by atoms with E-state index in [0.29, 0.717) is 13.1 Å². The van der Waals surface area contributed by atoms with Crippen molar-refractivity contribution < 1.29 is 5.11 Å². The molecule has 0 radical (unpaired) electrons. The van der Waals surface area contributed by atoms with Crippen LogP contribution in [0.5, 0.6) is 0 Å². The molecule has 0 saturated heterocycles. The summed E-state index contributed by atoms with van der Waals surface area (Å²) in [4.78, 5) is 0. The maximum atomic E-state index is 10.6. The third-order valence-corrected chi connectivity index (χ3v) is 5.66. The van der Waals surface area contributed by atoms with Crippen LogP contribution in [0.4, 0.5) is 0 Å². The van der Waals surface area contributed by atoms with Crippen molar-refractivity contribution in [3.8, 4) is 0 Å². The van der Waals surface area contributed by atoms with Gasteiger partial charge in [0.25, 0.3) is 0 Å². The number of hydrogen-bond donors (Lipinski definition) is 2. The van der Waals surface area contributed by atoms with Crippen LogP contribution >= 0.6 is 0 Å². The summed E-state index contributed by atoms with van der Waals surface area (Å²) in [6, 6.07) is 16.9. The lowest BCUT2D eigenvalue weighted by Crippen LogP contribution is -2.30. The zero-order valence-electron chi connectivity index (χ0n) is 17.4. The first-order valence-electron chi connectivity index (χ1n) is 11.2. The molecule has 2 aromatic carbocycles. The molecule has 0 aliphatic carbocycles. The molecule has 1 aromatic heterocycles. The molecule has 0 aliphatic heterocycles. The number of benzene rings is 2. The van der Waals surface area contributed by atoms with E-state index in [1.165, 1.54) is 73.2 Å². The number of aliphatic hydroxyl groups is 1. The summed E-state index contributed by atoms with van der Waals surface area (Å²) in [6.07, 6.45) is 10.3. The highest BCUT2D eigenvalue weighted by Gasteiger charge is 2.12. The molecule has 3 heteroatoms. The summed E-state index contributed by atoms with van der Waals surface area (Å²) in [6.45, 7) is 4.54. The molecule has 0 aliphatic rings. The summed E-state index contributed by atoms with van der Waals surface area (Å²) in [5.74, 6) is 0. The van der Waals surface area contributed by atoms with Gasteiger partial charge in [-0.05, 0) is 25.1 Å². The van der Waals surface area contributed by atoms with E-state index in [9.17, 15) is 5.11 Å². The van der Waals surface area contributed by atoms with Crippen molar-refractivity contribution >= 4 is 21.8 Å². The van der Waals surface area contributed by atoms with Gasteiger partial charge in [0.1, 0.15) is 0 Å². The number of hydrogen-bond acceptors (Lipinski definition) is 2. The molecule has 0 bridgehead atoms. The first kappa shape index (κ1) is 20.9. The summed E-state index contributed by atoms with van der Waals surface area (Å²) in [5.41, 5.74) is 2.40. The summed E-state index contributed by atoms with van der Waals surface area (Å²) >= 11 is 0. The Morgan fingerprint density at radius 2 is 1.32 bits per heavy atom. The smallest absolute Gasteiger partial charge is 0.0843 e. The van der Waals surface area contributed by atoms with Gasteiger partial charge in [-0.15, -0.1) is 0 Å². The molecular weight excluding hydrogens is 344 g/mol. The molecule has 3 rings (SSSR count). The van der Waals surface area contributed by atoms with Crippen LogP contribution in [-0.4, -0.2) is 28.9 Å². The van der Waals surface area contributed by atoms with Crippen LogP contribution in [0.1, 0.15) is 58.3 Å². The number of nitrogens with zero attached hydrogens (tertiary/aromatic N) is 1. The van der Waals surface area contributed by atoms with Crippen LogP contribution in [0.15, 0.2) is 48.5 Å². The van der Waals surface area contributed by atoms with Gasteiger partial charge in [0.2, 0.25) is 0 Å². The SMILES string of the molecule is CCCCCCCCCCNC[C@@H](O)Cn1c2ccccc2c2ccccc21. The average molecular weight is 381 g/mol. The quantitative estimate of drug-likeness (QED) is 0.363. The van der Waals surface area contributed by atoms with Crippen LogP contribution in [0.25, 0.3) is 21.8 Å². The van der Waals surface area contributed by atoms with E-state index in [2.05, 4.69) is 65.3 Å². The molecule has 1 heterocycles. The van der Waals surface area contributed by atoms with E-state index in [1.807, 2.05) is 0 Å². The molecule has 28 heavy (non-hydrogen) atoms. The monoisotopic (exact) mass is 380 g/mol. The predicted molar refractivity (Wildman–Crippen MR) is 121 cm³/mol. The van der Waals surface area contributed by atoms with Gasteiger partial charge in [-0.25, -0.2) is 0 Å². The molecule has 3 aromatic rings. The van der Waals surface area contributed by atoms with Crippen LogP contribution in [-0.2, 0) is 6.54 Å². The normalized spacial score (nSPS) is 12.8. The lowest BCUT2D eigenvalue weighted by molar-refractivity contribution is 0.154. The largest absolute Gasteiger partial charge is 0.390 e. The molecule has 0 unspecified atom stereocenters. The maximum Gasteiger partial charge on any atom is 0.0843 e. The first-order valence-corrected chi connectivity index (χ1v) is 11.2. The van der Waals surface area contributed by atoms with Crippen LogP contribution in [0.2, 0.25) is 0 Å². The van der Waals surface area contributed by atoms with Crippen molar-refractivity contribution in [1.82, 2.24) is 9.88 Å². The van der Waals surface area contributed by atoms with Gasteiger partial charge >= 0.3 is 0 Å². The number of aliphatic hydroxyl groups excluding tert-OH is 1. The second kappa shape index (κ2) is 11.2. The zero-order chi connectivity index (χ0) is 19.6. The number of nitrogens with one attached hydrogen (secondary N) is 1. The van der Waals surface area contributed by atoms with Crippen molar-refractivity contribution in [3.05, 3.63) is 48.5 Å². The van der Waals surface area contributed by atoms with E-state index in [4.69, 9.17) is 0 Å². The van der Waals surface area contributed by atoms with Crippen molar-refractivity contribution in [2.45, 2.75) is 70.9 Å². The van der Waals surface area contributed by atoms with Gasteiger partial charge in [0.15, 0.2) is 0 Å². The average Bonchev–Trinajstić information content (AvgIpc) is 3.03.